The molecule has 0 bridgehead atoms. The van der Waals surface area contributed by atoms with Crippen molar-refractivity contribution in [3.63, 3.8) is 0 Å². The average molecular weight is 348 g/mol. The molecule has 5 heteroatoms. The molecule has 0 radical (unpaired) electrons. The van der Waals surface area contributed by atoms with Crippen molar-refractivity contribution in [3.8, 4) is 0 Å². The van der Waals surface area contributed by atoms with Gasteiger partial charge < -0.3 is 15.1 Å². The van der Waals surface area contributed by atoms with Gasteiger partial charge in [-0.1, -0.05) is 24.5 Å². The van der Waals surface area contributed by atoms with E-state index in [9.17, 15) is 9.59 Å². The maximum atomic E-state index is 12.4. The van der Waals surface area contributed by atoms with Crippen LogP contribution >= 0.6 is 0 Å². The van der Waals surface area contributed by atoms with Gasteiger partial charge in [0.1, 0.15) is 0 Å². The molecule has 2 aliphatic heterocycles. The highest BCUT2D eigenvalue weighted by Crippen LogP contribution is 2.31. The monoisotopic (exact) mass is 347 g/mol. The van der Waals surface area contributed by atoms with Crippen LogP contribution in [0, 0.1) is 5.92 Å². The number of piperidine rings is 1. The van der Waals surface area contributed by atoms with Crippen LogP contribution in [0.25, 0.3) is 0 Å². The first-order chi connectivity index (χ1) is 12.2. The third-order valence-electron chi connectivity index (χ3n) is 5.90. The molecule has 2 saturated heterocycles. The lowest BCUT2D eigenvalue weighted by Gasteiger charge is -2.36. The number of allylic oxidation sites excluding steroid dienone is 1. The van der Waals surface area contributed by atoms with Gasteiger partial charge in [0.2, 0.25) is 5.91 Å². The predicted molar refractivity (Wildman–Crippen MR) is 99.3 cm³/mol. The average Bonchev–Trinajstić information content (AvgIpc) is 2.94. The van der Waals surface area contributed by atoms with Crippen LogP contribution in [-0.4, -0.2) is 54.5 Å². The smallest absolute Gasteiger partial charge is 0.317 e. The number of nitrogens with zero attached hydrogens (tertiary/aromatic N) is 2. The fourth-order valence-electron chi connectivity index (χ4n) is 4.34. The summed E-state index contributed by atoms with van der Waals surface area (Å²) in [6, 6.07) is 0.0344. The Bertz CT molecular complexity index is 495. The zero-order valence-electron chi connectivity index (χ0n) is 15.5. The van der Waals surface area contributed by atoms with Crippen molar-refractivity contribution in [2.24, 2.45) is 5.92 Å². The van der Waals surface area contributed by atoms with E-state index in [2.05, 4.69) is 11.4 Å². The summed E-state index contributed by atoms with van der Waals surface area (Å²) in [4.78, 5) is 28.6. The number of nitrogens with one attached hydrogen (secondary N) is 1. The molecule has 1 aliphatic carbocycles. The number of amides is 3. The number of fused-ring (bicyclic) bond motifs is 1. The van der Waals surface area contributed by atoms with Gasteiger partial charge in [0.25, 0.3) is 0 Å². The van der Waals surface area contributed by atoms with Gasteiger partial charge in [-0.05, 0) is 50.9 Å². The molecule has 1 N–H and O–H groups in total. The van der Waals surface area contributed by atoms with Gasteiger partial charge >= 0.3 is 6.03 Å². The minimum absolute atomic E-state index is 0.0344. The first-order valence-electron chi connectivity index (χ1n) is 10.2. The number of hydrogen-bond acceptors (Lipinski definition) is 2. The molecule has 1 unspecified atom stereocenters. The van der Waals surface area contributed by atoms with E-state index in [0.717, 1.165) is 51.9 Å². The molecule has 2 heterocycles. The fourth-order valence-corrected chi connectivity index (χ4v) is 4.34. The van der Waals surface area contributed by atoms with Gasteiger partial charge in [-0.25, -0.2) is 4.79 Å². The van der Waals surface area contributed by atoms with Crippen LogP contribution in [0.2, 0.25) is 0 Å². The Kier molecular flexibility index (Phi) is 6.76. The minimum Gasteiger partial charge on any atom is -0.343 e. The molecule has 0 aromatic rings. The van der Waals surface area contributed by atoms with E-state index in [1.165, 1.54) is 37.7 Å². The van der Waals surface area contributed by atoms with Crippen molar-refractivity contribution in [1.29, 1.82) is 0 Å². The lowest BCUT2D eigenvalue weighted by molar-refractivity contribution is -0.131. The normalized spacial score (nSPS) is 24.2. The molecule has 0 aromatic heterocycles. The first kappa shape index (κ1) is 18.3. The van der Waals surface area contributed by atoms with Crippen molar-refractivity contribution in [2.45, 2.75) is 64.2 Å². The molecule has 140 valence electrons. The van der Waals surface area contributed by atoms with E-state index in [-0.39, 0.29) is 11.9 Å². The summed E-state index contributed by atoms with van der Waals surface area (Å²) >= 11 is 0. The molecule has 0 aromatic carbocycles. The van der Waals surface area contributed by atoms with Gasteiger partial charge in [-0.3, -0.25) is 4.79 Å². The van der Waals surface area contributed by atoms with Crippen molar-refractivity contribution < 1.29 is 9.59 Å². The van der Waals surface area contributed by atoms with Crippen LogP contribution in [-0.2, 0) is 4.79 Å². The molecule has 5 nitrogen and oxygen atoms in total. The molecule has 0 saturated carbocycles. The number of hydrogen-bond donors (Lipinski definition) is 1. The van der Waals surface area contributed by atoms with Crippen LogP contribution in [0.15, 0.2) is 11.6 Å². The Morgan fingerprint density at radius 2 is 1.80 bits per heavy atom. The van der Waals surface area contributed by atoms with E-state index >= 15 is 0 Å². The minimum atomic E-state index is 0.0344. The van der Waals surface area contributed by atoms with Gasteiger partial charge in [0.05, 0.1) is 0 Å². The zero-order chi connectivity index (χ0) is 17.5. The van der Waals surface area contributed by atoms with Crippen molar-refractivity contribution in [1.82, 2.24) is 15.1 Å². The maximum absolute atomic E-state index is 12.4. The molecule has 3 rings (SSSR count). The molecule has 3 aliphatic rings. The number of carbonyl (C=O) groups is 2. The molecule has 1 atom stereocenters. The standard InChI is InChI=1S/C20H33N3O2/c24-19(22-13-5-1-2-6-14-22)10-7-12-21-20(25)23-15-11-17-8-3-4-9-18(17)16-23/h9,17H,1-8,10-16H2,(H,21,25). The number of urea groups is 1. The Balaban J connectivity index is 1.34. The van der Waals surface area contributed by atoms with Crippen molar-refractivity contribution in [3.05, 3.63) is 11.6 Å². The Labute approximate surface area is 151 Å². The summed E-state index contributed by atoms with van der Waals surface area (Å²) in [6.45, 7) is 4.08. The van der Waals surface area contributed by atoms with Gasteiger partial charge in [0.15, 0.2) is 0 Å². The van der Waals surface area contributed by atoms with Crippen molar-refractivity contribution >= 4 is 11.9 Å². The molecular formula is C20H33N3O2. The second-order valence-corrected chi connectivity index (χ2v) is 7.75. The summed E-state index contributed by atoms with van der Waals surface area (Å²) in [5.41, 5.74) is 1.46. The molecule has 0 spiro atoms. The predicted octanol–water partition coefficient (Wildman–Crippen LogP) is 3.31. The van der Waals surface area contributed by atoms with E-state index in [1.807, 2.05) is 9.80 Å². The quantitative estimate of drug-likeness (QED) is 0.626. The molecular weight excluding hydrogens is 314 g/mol. The summed E-state index contributed by atoms with van der Waals surface area (Å²) in [6.07, 6.45) is 13.2. The van der Waals surface area contributed by atoms with Crippen LogP contribution < -0.4 is 5.32 Å². The highest BCUT2D eigenvalue weighted by molar-refractivity contribution is 5.76. The summed E-state index contributed by atoms with van der Waals surface area (Å²) < 4.78 is 0. The summed E-state index contributed by atoms with van der Waals surface area (Å²) in [5, 5.41) is 3.01. The molecule has 2 fully saturated rings. The Morgan fingerprint density at radius 3 is 2.60 bits per heavy atom. The SMILES string of the molecule is O=C(CCCNC(=O)N1CCC2CCCC=C2C1)N1CCCCCC1. The van der Waals surface area contributed by atoms with E-state index in [0.29, 0.717) is 18.9 Å². The second-order valence-electron chi connectivity index (χ2n) is 7.75. The Morgan fingerprint density at radius 1 is 1.00 bits per heavy atom. The fraction of sp³-hybridized carbons (Fsp3) is 0.800. The number of rotatable bonds is 4. The first-order valence-corrected chi connectivity index (χ1v) is 10.2. The largest absolute Gasteiger partial charge is 0.343 e. The van der Waals surface area contributed by atoms with Crippen LogP contribution in [0.1, 0.15) is 64.2 Å². The lowest BCUT2D eigenvalue weighted by atomic mass is 9.82. The maximum Gasteiger partial charge on any atom is 0.317 e. The van der Waals surface area contributed by atoms with Crippen LogP contribution in [0.4, 0.5) is 4.79 Å². The van der Waals surface area contributed by atoms with Gasteiger partial charge in [-0.2, -0.15) is 0 Å². The number of likely N-dealkylation sites (tertiary alicyclic amines) is 2. The topological polar surface area (TPSA) is 52.7 Å². The van der Waals surface area contributed by atoms with Crippen molar-refractivity contribution in [2.75, 3.05) is 32.7 Å². The molecule has 3 amide bonds. The summed E-state index contributed by atoms with van der Waals surface area (Å²) in [7, 11) is 0. The van der Waals surface area contributed by atoms with E-state index in [1.54, 1.807) is 0 Å². The highest BCUT2D eigenvalue weighted by Gasteiger charge is 2.27. The third-order valence-corrected chi connectivity index (χ3v) is 5.90. The van der Waals surface area contributed by atoms with Gasteiger partial charge in [0, 0.05) is 39.1 Å². The van der Waals surface area contributed by atoms with Gasteiger partial charge in [-0.15, -0.1) is 0 Å². The lowest BCUT2D eigenvalue weighted by Crippen LogP contribution is -2.46. The molecule has 25 heavy (non-hydrogen) atoms. The van der Waals surface area contributed by atoms with Crippen LogP contribution in [0.3, 0.4) is 0 Å². The third kappa shape index (κ3) is 5.23. The second kappa shape index (κ2) is 9.25. The Hall–Kier alpha value is -1.52. The van der Waals surface area contributed by atoms with Crippen LogP contribution in [0.5, 0.6) is 0 Å². The van der Waals surface area contributed by atoms with E-state index in [4.69, 9.17) is 0 Å². The number of carbonyl (C=O) groups excluding carboxylic acids is 2. The van der Waals surface area contributed by atoms with E-state index < -0.39 is 0 Å². The zero-order valence-corrected chi connectivity index (χ0v) is 15.5. The highest BCUT2D eigenvalue weighted by atomic mass is 16.2. The summed E-state index contributed by atoms with van der Waals surface area (Å²) in [5.74, 6) is 0.966.